The molecule has 32 heavy (non-hydrogen) atoms. The minimum Gasteiger partial charge on any atom is -0.482 e. The number of nitrogens with one attached hydrogen (secondary N) is 1. The van der Waals surface area contributed by atoms with Crippen molar-refractivity contribution in [2.24, 2.45) is 0 Å². The molecule has 1 N–H and O–H groups in total. The number of hydrogen-bond acceptors (Lipinski definition) is 6. The Labute approximate surface area is 185 Å². The number of carbonyl (C=O) groups excluding carboxylic acids is 3. The number of amides is 1. The molecule has 1 amide bonds. The van der Waals surface area contributed by atoms with E-state index in [1.165, 1.54) is 0 Å². The Morgan fingerprint density at radius 1 is 0.781 bits per heavy atom. The quantitative estimate of drug-likeness (QED) is 0.370. The first-order valence-corrected chi connectivity index (χ1v) is 10.1. The van der Waals surface area contributed by atoms with Crippen molar-refractivity contribution in [1.29, 1.82) is 0 Å². The van der Waals surface area contributed by atoms with Crippen molar-refractivity contribution in [3.05, 3.63) is 84.4 Å². The van der Waals surface area contributed by atoms with Crippen LogP contribution >= 0.6 is 0 Å². The molecule has 0 fully saturated rings. The number of anilines is 1. The first kappa shape index (κ1) is 22.6. The summed E-state index contributed by atoms with van der Waals surface area (Å²) < 4.78 is 16.0. The van der Waals surface area contributed by atoms with Crippen LogP contribution in [0.15, 0.2) is 78.9 Å². The van der Waals surface area contributed by atoms with Crippen LogP contribution in [0.25, 0.3) is 0 Å². The van der Waals surface area contributed by atoms with Crippen molar-refractivity contribution in [1.82, 2.24) is 0 Å². The standard InChI is InChI=1S/C25H23NO6/c1-2-23(27)18-11-13-20(14-12-18)30-17-25(29)31-16-24(28)26-19-7-6-10-22(15-19)32-21-8-4-3-5-9-21/h3-15H,2,16-17H2,1H3,(H,26,28). The van der Waals surface area contributed by atoms with Crippen LogP contribution < -0.4 is 14.8 Å². The molecule has 0 aliphatic rings. The van der Waals surface area contributed by atoms with Crippen LogP contribution in [0, 0.1) is 0 Å². The Hall–Kier alpha value is -4.13. The number of ketones is 1. The molecule has 3 aromatic rings. The monoisotopic (exact) mass is 433 g/mol. The van der Waals surface area contributed by atoms with Gasteiger partial charge in [0.2, 0.25) is 0 Å². The first-order valence-electron chi connectivity index (χ1n) is 10.1. The maximum atomic E-state index is 12.1. The summed E-state index contributed by atoms with van der Waals surface area (Å²) in [4.78, 5) is 35.6. The number of rotatable bonds is 10. The number of esters is 1. The molecule has 7 nitrogen and oxygen atoms in total. The second kappa shape index (κ2) is 11.3. The molecule has 0 aliphatic heterocycles. The molecule has 0 saturated heterocycles. The number of carbonyl (C=O) groups is 3. The van der Waals surface area contributed by atoms with E-state index in [1.807, 2.05) is 30.3 Å². The largest absolute Gasteiger partial charge is 0.482 e. The van der Waals surface area contributed by atoms with Crippen molar-refractivity contribution < 1.29 is 28.6 Å². The minimum absolute atomic E-state index is 0.0270. The van der Waals surface area contributed by atoms with Gasteiger partial charge in [-0.3, -0.25) is 9.59 Å². The van der Waals surface area contributed by atoms with Crippen LogP contribution in [-0.2, 0) is 14.3 Å². The van der Waals surface area contributed by atoms with Gasteiger partial charge in [-0.1, -0.05) is 31.2 Å². The first-order chi connectivity index (χ1) is 15.5. The van der Waals surface area contributed by atoms with Crippen LogP contribution in [0.4, 0.5) is 5.69 Å². The van der Waals surface area contributed by atoms with Crippen LogP contribution in [0.1, 0.15) is 23.7 Å². The Morgan fingerprint density at radius 2 is 1.50 bits per heavy atom. The number of benzene rings is 3. The molecule has 7 heteroatoms. The lowest BCUT2D eigenvalue weighted by Gasteiger charge is -2.10. The van der Waals surface area contributed by atoms with Crippen molar-refractivity contribution in [2.45, 2.75) is 13.3 Å². The zero-order valence-corrected chi connectivity index (χ0v) is 17.6. The summed E-state index contributed by atoms with van der Waals surface area (Å²) in [6.07, 6.45) is 0.416. The topological polar surface area (TPSA) is 90.9 Å². The van der Waals surface area contributed by atoms with E-state index in [9.17, 15) is 14.4 Å². The molecule has 0 heterocycles. The third-order valence-electron chi connectivity index (χ3n) is 4.32. The Morgan fingerprint density at radius 3 is 2.22 bits per heavy atom. The number of Topliss-reactive ketones (excluding diaryl/α,β-unsaturated/α-hetero) is 1. The summed E-state index contributed by atoms with van der Waals surface area (Å²) in [7, 11) is 0. The zero-order valence-electron chi connectivity index (χ0n) is 17.6. The Kier molecular flexibility index (Phi) is 7.97. The van der Waals surface area contributed by atoms with E-state index in [2.05, 4.69) is 5.32 Å². The van der Waals surface area contributed by atoms with Crippen molar-refractivity contribution in [2.75, 3.05) is 18.5 Å². The summed E-state index contributed by atoms with van der Waals surface area (Å²) in [5.74, 6) is 0.517. The van der Waals surface area contributed by atoms with Gasteiger partial charge in [0.15, 0.2) is 19.0 Å². The number of para-hydroxylation sites is 1. The molecule has 3 rings (SSSR count). The fourth-order valence-corrected chi connectivity index (χ4v) is 2.73. The highest BCUT2D eigenvalue weighted by Gasteiger charge is 2.10. The van der Waals surface area contributed by atoms with E-state index in [0.29, 0.717) is 34.9 Å². The normalized spacial score (nSPS) is 10.2. The average Bonchev–Trinajstić information content (AvgIpc) is 2.82. The molecule has 0 unspecified atom stereocenters. The molecule has 0 aliphatic carbocycles. The maximum absolute atomic E-state index is 12.1. The highest BCUT2D eigenvalue weighted by atomic mass is 16.6. The molecule has 3 aromatic carbocycles. The van der Waals surface area contributed by atoms with Gasteiger partial charge in [-0.15, -0.1) is 0 Å². The molecule has 0 saturated carbocycles. The van der Waals surface area contributed by atoms with Gasteiger partial charge in [-0.05, 0) is 48.5 Å². The third kappa shape index (κ3) is 6.98. The number of hydrogen-bond donors (Lipinski definition) is 1. The molecule has 0 bridgehead atoms. The second-order valence-corrected chi connectivity index (χ2v) is 6.74. The summed E-state index contributed by atoms with van der Waals surface area (Å²) in [5, 5.41) is 2.65. The summed E-state index contributed by atoms with van der Waals surface area (Å²) in [6, 6.07) is 22.6. The van der Waals surface area contributed by atoms with Gasteiger partial charge in [-0.2, -0.15) is 0 Å². The van der Waals surface area contributed by atoms with Crippen LogP contribution in [0.5, 0.6) is 17.2 Å². The fourth-order valence-electron chi connectivity index (χ4n) is 2.73. The van der Waals surface area contributed by atoms with Gasteiger partial charge in [0.1, 0.15) is 17.2 Å². The fraction of sp³-hybridized carbons (Fsp3) is 0.160. The molecule has 0 spiro atoms. The predicted molar refractivity (Wildman–Crippen MR) is 119 cm³/mol. The highest BCUT2D eigenvalue weighted by molar-refractivity contribution is 5.96. The van der Waals surface area contributed by atoms with Crippen LogP contribution in [0.2, 0.25) is 0 Å². The second-order valence-electron chi connectivity index (χ2n) is 6.74. The zero-order chi connectivity index (χ0) is 22.8. The van der Waals surface area contributed by atoms with Gasteiger partial charge in [0, 0.05) is 23.7 Å². The lowest BCUT2D eigenvalue weighted by molar-refractivity contribution is -0.149. The highest BCUT2D eigenvalue weighted by Crippen LogP contribution is 2.23. The molecular weight excluding hydrogens is 410 g/mol. The van der Waals surface area contributed by atoms with Gasteiger partial charge >= 0.3 is 5.97 Å². The Balaban J connectivity index is 1.42. The smallest absolute Gasteiger partial charge is 0.344 e. The SMILES string of the molecule is CCC(=O)c1ccc(OCC(=O)OCC(=O)Nc2cccc(Oc3ccccc3)c2)cc1. The summed E-state index contributed by atoms with van der Waals surface area (Å²) in [5.41, 5.74) is 1.09. The average molecular weight is 433 g/mol. The maximum Gasteiger partial charge on any atom is 0.344 e. The molecule has 0 radical (unpaired) electrons. The van der Waals surface area contributed by atoms with Gasteiger partial charge in [-0.25, -0.2) is 4.79 Å². The van der Waals surface area contributed by atoms with Gasteiger partial charge in [0.05, 0.1) is 0 Å². The van der Waals surface area contributed by atoms with Crippen LogP contribution in [0.3, 0.4) is 0 Å². The van der Waals surface area contributed by atoms with E-state index < -0.39 is 18.5 Å². The van der Waals surface area contributed by atoms with Crippen molar-refractivity contribution in [3.8, 4) is 17.2 Å². The van der Waals surface area contributed by atoms with Crippen LogP contribution in [-0.4, -0.2) is 30.9 Å². The summed E-state index contributed by atoms with van der Waals surface area (Å²) in [6.45, 7) is 0.985. The predicted octanol–water partition coefficient (Wildman–Crippen LogP) is 4.63. The molecular formula is C25H23NO6. The Bertz CT molecular complexity index is 1060. The van der Waals surface area contributed by atoms with E-state index in [-0.39, 0.29) is 12.4 Å². The number of ether oxygens (including phenoxy) is 3. The van der Waals surface area contributed by atoms with E-state index >= 15 is 0 Å². The van der Waals surface area contributed by atoms with Gasteiger partial charge < -0.3 is 19.5 Å². The van der Waals surface area contributed by atoms with Gasteiger partial charge in [0.25, 0.3) is 5.91 Å². The third-order valence-corrected chi connectivity index (χ3v) is 4.32. The van der Waals surface area contributed by atoms with E-state index in [1.54, 1.807) is 55.5 Å². The summed E-state index contributed by atoms with van der Waals surface area (Å²) >= 11 is 0. The minimum atomic E-state index is -0.685. The van der Waals surface area contributed by atoms with E-state index in [4.69, 9.17) is 14.2 Å². The lowest BCUT2D eigenvalue weighted by Crippen LogP contribution is -2.23. The molecule has 0 atom stereocenters. The van der Waals surface area contributed by atoms with Crippen molar-refractivity contribution in [3.63, 3.8) is 0 Å². The van der Waals surface area contributed by atoms with Crippen molar-refractivity contribution >= 4 is 23.3 Å². The molecule has 0 aromatic heterocycles. The lowest BCUT2D eigenvalue weighted by atomic mass is 10.1. The molecule has 164 valence electrons. The van der Waals surface area contributed by atoms with E-state index in [0.717, 1.165) is 0 Å².